The molecule has 2 N–H and O–H groups in total. The van der Waals surface area contributed by atoms with Crippen LogP contribution in [-0.2, 0) is 24.3 Å². The van der Waals surface area contributed by atoms with E-state index in [4.69, 9.17) is 0 Å². The van der Waals surface area contributed by atoms with Gasteiger partial charge in [0.15, 0.2) is 0 Å². The van der Waals surface area contributed by atoms with Crippen molar-refractivity contribution in [2.75, 3.05) is 6.54 Å². The van der Waals surface area contributed by atoms with Gasteiger partial charge in [-0.15, -0.1) is 0 Å². The molecule has 1 aliphatic rings. The number of amides is 1. The molecule has 21 heavy (non-hydrogen) atoms. The first kappa shape index (κ1) is 13.8. The summed E-state index contributed by atoms with van der Waals surface area (Å²) in [7, 11) is 0. The number of H-pyrrole nitrogens is 1. The molecule has 3 rings (SSSR count). The van der Waals surface area contributed by atoms with Gasteiger partial charge in [0.05, 0.1) is 36.0 Å². The Morgan fingerprint density at radius 1 is 1.43 bits per heavy atom. The highest BCUT2D eigenvalue weighted by Gasteiger charge is 2.28. The normalized spacial score (nSPS) is 17.3. The third-order valence-electron chi connectivity index (χ3n) is 3.80. The van der Waals surface area contributed by atoms with Crippen molar-refractivity contribution in [3.05, 3.63) is 47.8 Å². The number of fused-ring (bicyclic) bond motifs is 1. The van der Waals surface area contributed by atoms with Crippen molar-refractivity contribution in [2.24, 2.45) is 0 Å². The van der Waals surface area contributed by atoms with Crippen LogP contribution >= 0.6 is 0 Å². The number of imidazole rings is 1. The topological polar surface area (TPSA) is 73.9 Å². The SMILES string of the molecule is CCN(Cc1ccccn1)C(=O)C1Cc2nc[nH]c2CN1. The summed E-state index contributed by atoms with van der Waals surface area (Å²) in [5.74, 6) is 0.108. The Morgan fingerprint density at radius 3 is 3.10 bits per heavy atom. The average Bonchev–Trinajstić information content (AvgIpc) is 3.00. The molecule has 0 saturated carbocycles. The summed E-state index contributed by atoms with van der Waals surface area (Å²) in [5.41, 5.74) is 2.97. The van der Waals surface area contributed by atoms with E-state index in [1.807, 2.05) is 30.0 Å². The second kappa shape index (κ2) is 6.05. The van der Waals surface area contributed by atoms with E-state index in [0.717, 1.165) is 17.1 Å². The standard InChI is InChI=1S/C15H19N5O/c1-2-20(9-11-5-3-4-6-16-11)15(21)13-7-12-14(8-17-13)19-10-18-12/h3-6,10,13,17H,2,7-9H2,1H3,(H,18,19). The first-order chi connectivity index (χ1) is 10.3. The highest BCUT2D eigenvalue weighted by Crippen LogP contribution is 2.14. The Kier molecular flexibility index (Phi) is 3.96. The predicted octanol–water partition coefficient (Wildman–Crippen LogP) is 0.868. The molecular formula is C15H19N5O. The summed E-state index contributed by atoms with van der Waals surface area (Å²) in [6, 6.07) is 5.55. The van der Waals surface area contributed by atoms with Crippen molar-refractivity contribution in [3.8, 4) is 0 Å². The maximum Gasteiger partial charge on any atom is 0.240 e. The number of aromatic amines is 1. The number of aromatic nitrogens is 3. The van der Waals surface area contributed by atoms with Crippen molar-refractivity contribution in [1.29, 1.82) is 0 Å². The largest absolute Gasteiger partial charge is 0.347 e. The molecule has 1 unspecified atom stereocenters. The minimum absolute atomic E-state index is 0.108. The monoisotopic (exact) mass is 285 g/mol. The third-order valence-corrected chi connectivity index (χ3v) is 3.80. The van der Waals surface area contributed by atoms with Crippen molar-refractivity contribution in [2.45, 2.75) is 32.5 Å². The van der Waals surface area contributed by atoms with Gasteiger partial charge in [0.1, 0.15) is 0 Å². The molecular weight excluding hydrogens is 266 g/mol. The minimum atomic E-state index is -0.204. The predicted molar refractivity (Wildman–Crippen MR) is 78.2 cm³/mol. The van der Waals surface area contributed by atoms with E-state index in [2.05, 4.69) is 20.3 Å². The lowest BCUT2D eigenvalue weighted by molar-refractivity contribution is -0.134. The Balaban J connectivity index is 1.68. The second-order valence-corrected chi connectivity index (χ2v) is 5.14. The van der Waals surface area contributed by atoms with Crippen LogP contribution in [0.25, 0.3) is 0 Å². The van der Waals surface area contributed by atoms with Gasteiger partial charge < -0.3 is 9.88 Å². The molecule has 2 aromatic heterocycles. The van der Waals surface area contributed by atoms with Crippen LogP contribution in [0.1, 0.15) is 24.0 Å². The van der Waals surface area contributed by atoms with Gasteiger partial charge in [0.25, 0.3) is 0 Å². The minimum Gasteiger partial charge on any atom is -0.347 e. The number of rotatable bonds is 4. The number of pyridine rings is 1. The quantitative estimate of drug-likeness (QED) is 0.874. The Bertz CT molecular complexity index is 610. The van der Waals surface area contributed by atoms with Crippen LogP contribution in [0.15, 0.2) is 30.7 Å². The summed E-state index contributed by atoms with van der Waals surface area (Å²) in [4.78, 5) is 26.2. The molecule has 6 nitrogen and oxygen atoms in total. The maximum atomic E-state index is 12.7. The van der Waals surface area contributed by atoms with E-state index >= 15 is 0 Å². The second-order valence-electron chi connectivity index (χ2n) is 5.14. The first-order valence-corrected chi connectivity index (χ1v) is 7.21. The van der Waals surface area contributed by atoms with E-state index in [9.17, 15) is 4.79 Å². The van der Waals surface area contributed by atoms with Gasteiger partial charge in [0, 0.05) is 25.7 Å². The summed E-state index contributed by atoms with van der Waals surface area (Å²) in [5, 5.41) is 3.28. The zero-order valence-electron chi connectivity index (χ0n) is 12.0. The van der Waals surface area contributed by atoms with Gasteiger partial charge in [-0.3, -0.25) is 15.1 Å². The molecule has 0 bridgehead atoms. The molecule has 0 saturated heterocycles. The maximum absolute atomic E-state index is 12.7. The van der Waals surface area contributed by atoms with Gasteiger partial charge >= 0.3 is 0 Å². The molecule has 0 spiro atoms. The highest BCUT2D eigenvalue weighted by atomic mass is 16.2. The molecule has 1 amide bonds. The fraction of sp³-hybridized carbons (Fsp3) is 0.400. The molecule has 6 heteroatoms. The summed E-state index contributed by atoms with van der Waals surface area (Å²) < 4.78 is 0. The zero-order valence-corrected chi connectivity index (χ0v) is 12.0. The van der Waals surface area contributed by atoms with E-state index in [1.165, 1.54) is 0 Å². The van der Waals surface area contributed by atoms with Crippen LogP contribution in [0.3, 0.4) is 0 Å². The third kappa shape index (κ3) is 2.95. The first-order valence-electron chi connectivity index (χ1n) is 7.21. The Morgan fingerprint density at radius 2 is 2.33 bits per heavy atom. The van der Waals surface area contributed by atoms with E-state index in [0.29, 0.717) is 26.1 Å². The smallest absolute Gasteiger partial charge is 0.240 e. The Hall–Kier alpha value is -2.21. The zero-order chi connectivity index (χ0) is 14.7. The van der Waals surface area contributed by atoms with Crippen LogP contribution in [0.5, 0.6) is 0 Å². The van der Waals surface area contributed by atoms with Gasteiger partial charge in [-0.05, 0) is 19.1 Å². The molecule has 0 radical (unpaired) electrons. The molecule has 1 atom stereocenters. The molecule has 110 valence electrons. The highest BCUT2D eigenvalue weighted by molar-refractivity contribution is 5.82. The fourth-order valence-electron chi connectivity index (χ4n) is 2.60. The molecule has 2 aromatic rings. The number of likely N-dealkylation sites (N-methyl/N-ethyl adjacent to an activating group) is 1. The number of nitrogens with zero attached hydrogens (tertiary/aromatic N) is 3. The van der Waals surface area contributed by atoms with Crippen molar-refractivity contribution in [1.82, 2.24) is 25.2 Å². The lowest BCUT2D eigenvalue weighted by Crippen LogP contribution is -2.49. The number of hydrogen-bond acceptors (Lipinski definition) is 4. The van der Waals surface area contributed by atoms with Crippen LogP contribution in [0, 0.1) is 0 Å². The van der Waals surface area contributed by atoms with E-state index in [1.54, 1.807) is 12.5 Å². The molecule has 0 aliphatic carbocycles. The molecule has 1 aliphatic heterocycles. The lowest BCUT2D eigenvalue weighted by Gasteiger charge is -2.28. The number of hydrogen-bond donors (Lipinski definition) is 2. The van der Waals surface area contributed by atoms with Gasteiger partial charge in [-0.25, -0.2) is 4.98 Å². The lowest BCUT2D eigenvalue weighted by atomic mass is 10.0. The number of nitrogens with one attached hydrogen (secondary N) is 2. The van der Waals surface area contributed by atoms with Gasteiger partial charge in [-0.2, -0.15) is 0 Å². The summed E-state index contributed by atoms with van der Waals surface area (Å²) >= 11 is 0. The van der Waals surface area contributed by atoms with Gasteiger partial charge in [-0.1, -0.05) is 6.07 Å². The average molecular weight is 285 g/mol. The number of carbonyl (C=O) groups excluding carboxylic acids is 1. The van der Waals surface area contributed by atoms with Crippen LogP contribution in [-0.4, -0.2) is 38.3 Å². The molecule has 3 heterocycles. The number of carbonyl (C=O) groups is 1. The summed E-state index contributed by atoms with van der Waals surface area (Å²) in [6.07, 6.45) is 4.07. The van der Waals surface area contributed by atoms with Gasteiger partial charge in [0.2, 0.25) is 5.91 Å². The van der Waals surface area contributed by atoms with Crippen LogP contribution in [0.4, 0.5) is 0 Å². The van der Waals surface area contributed by atoms with Crippen molar-refractivity contribution in [3.63, 3.8) is 0 Å². The van der Waals surface area contributed by atoms with E-state index < -0.39 is 0 Å². The van der Waals surface area contributed by atoms with Crippen molar-refractivity contribution >= 4 is 5.91 Å². The fourth-order valence-corrected chi connectivity index (χ4v) is 2.60. The summed E-state index contributed by atoms with van der Waals surface area (Å²) in [6.45, 7) is 3.86. The van der Waals surface area contributed by atoms with Crippen molar-refractivity contribution < 1.29 is 4.79 Å². The Labute approximate surface area is 123 Å². The molecule has 0 fully saturated rings. The molecule has 0 aromatic carbocycles. The van der Waals surface area contributed by atoms with Crippen LogP contribution < -0.4 is 5.32 Å². The van der Waals surface area contributed by atoms with Crippen LogP contribution in [0.2, 0.25) is 0 Å². The van der Waals surface area contributed by atoms with E-state index in [-0.39, 0.29) is 11.9 Å².